The zero-order valence-electron chi connectivity index (χ0n) is 11.3. The van der Waals surface area contributed by atoms with Gasteiger partial charge in [0, 0.05) is 12.5 Å². The number of likely N-dealkylation sites (tertiary alicyclic amines) is 1. The van der Waals surface area contributed by atoms with E-state index >= 15 is 0 Å². The molecule has 1 heterocycles. The number of piperidine rings is 1. The fourth-order valence-corrected chi connectivity index (χ4v) is 3.33. The summed E-state index contributed by atoms with van der Waals surface area (Å²) < 4.78 is 4.72. The number of esters is 1. The lowest BCUT2D eigenvalue weighted by atomic mass is 9.87. The normalized spacial score (nSPS) is 31.2. The predicted octanol–water partition coefficient (Wildman–Crippen LogP) is 1.56. The minimum Gasteiger partial charge on any atom is -0.469 e. The Bertz CT molecular complexity index is 274. The number of aliphatic hydroxyl groups is 1. The lowest BCUT2D eigenvalue weighted by Crippen LogP contribution is -2.48. The van der Waals surface area contributed by atoms with E-state index in [1.807, 2.05) is 0 Å². The van der Waals surface area contributed by atoms with Gasteiger partial charge in [-0.05, 0) is 44.7 Å². The van der Waals surface area contributed by atoms with Crippen molar-refractivity contribution in [3.63, 3.8) is 0 Å². The van der Waals surface area contributed by atoms with Crippen molar-refractivity contribution in [3.8, 4) is 0 Å². The van der Waals surface area contributed by atoms with E-state index in [2.05, 4.69) is 4.90 Å². The van der Waals surface area contributed by atoms with E-state index in [1.165, 1.54) is 13.5 Å². The molecule has 18 heavy (non-hydrogen) atoms. The highest BCUT2D eigenvalue weighted by molar-refractivity contribution is 5.69. The van der Waals surface area contributed by atoms with Crippen molar-refractivity contribution in [2.24, 2.45) is 5.92 Å². The first kappa shape index (κ1) is 13.8. The Kier molecular flexibility index (Phi) is 5.01. The van der Waals surface area contributed by atoms with E-state index in [0.717, 1.165) is 45.2 Å². The Labute approximate surface area is 109 Å². The van der Waals surface area contributed by atoms with Crippen LogP contribution in [-0.2, 0) is 9.53 Å². The highest BCUT2D eigenvalue weighted by atomic mass is 16.5. The van der Waals surface area contributed by atoms with Gasteiger partial charge in [0.2, 0.25) is 0 Å². The zero-order chi connectivity index (χ0) is 13.0. The summed E-state index contributed by atoms with van der Waals surface area (Å²) in [6.45, 7) is 2.03. The summed E-state index contributed by atoms with van der Waals surface area (Å²) in [5.74, 6) is 0.376. The molecule has 1 saturated carbocycles. The van der Waals surface area contributed by atoms with Crippen molar-refractivity contribution >= 4 is 5.97 Å². The van der Waals surface area contributed by atoms with Gasteiger partial charge in [-0.3, -0.25) is 9.69 Å². The molecular weight excluding hydrogens is 230 g/mol. The Morgan fingerprint density at radius 2 is 1.89 bits per heavy atom. The minimum absolute atomic E-state index is 0.0915. The van der Waals surface area contributed by atoms with E-state index in [-0.39, 0.29) is 12.1 Å². The molecule has 1 N–H and O–H groups in total. The van der Waals surface area contributed by atoms with Crippen LogP contribution in [0.3, 0.4) is 0 Å². The van der Waals surface area contributed by atoms with Crippen molar-refractivity contribution in [3.05, 3.63) is 0 Å². The predicted molar refractivity (Wildman–Crippen MR) is 69.2 cm³/mol. The summed E-state index contributed by atoms with van der Waals surface area (Å²) in [6, 6.07) is 0.359. The quantitative estimate of drug-likeness (QED) is 0.778. The van der Waals surface area contributed by atoms with E-state index in [4.69, 9.17) is 4.74 Å². The molecule has 0 radical (unpaired) electrons. The lowest BCUT2D eigenvalue weighted by Gasteiger charge is -2.41. The molecule has 2 rings (SSSR count). The molecule has 2 atom stereocenters. The molecule has 0 aromatic heterocycles. The van der Waals surface area contributed by atoms with Crippen molar-refractivity contribution in [1.82, 2.24) is 4.90 Å². The number of hydrogen-bond donors (Lipinski definition) is 1. The molecule has 4 heteroatoms. The molecule has 0 aromatic carbocycles. The Balaban J connectivity index is 1.77. The largest absolute Gasteiger partial charge is 0.469 e. The molecular formula is C14H25NO3. The zero-order valence-corrected chi connectivity index (χ0v) is 11.3. The maximum Gasteiger partial charge on any atom is 0.305 e. The fourth-order valence-electron chi connectivity index (χ4n) is 3.33. The number of rotatable bonds is 3. The molecule has 2 fully saturated rings. The van der Waals surface area contributed by atoms with Crippen LogP contribution in [0.4, 0.5) is 0 Å². The van der Waals surface area contributed by atoms with Gasteiger partial charge in [0.15, 0.2) is 0 Å². The van der Waals surface area contributed by atoms with Gasteiger partial charge in [0.1, 0.15) is 0 Å². The maximum atomic E-state index is 11.2. The fraction of sp³-hybridized carbons (Fsp3) is 0.929. The summed E-state index contributed by atoms with van der Waals surface area (Å²) in [6.07, 6.45) is 7.00. The number of ether oxygens (including phenoxy) is 1. The third-order valence-corrected chi connectivity index (χ3v) is 4.50. The number of carbonyl (C=O) groups is 1. The second-order valence-corrected chi connectivity index (χ2v) is 5.68. The monoisotopic (exact) mass is 255 g/mol. The second-order valence-electron chi connectivity index (χ2n) is 5.68. The third kappa shape index (κ3) is 3.45. The average Bonchev–Trinajstić information content (AvgIpc) is 2.40. The first-order valence-corrected chi connectivity index (χ1v) is 7.19. The molecule has 104 valence electrons. The molecule has 0 spiro atoms. The van der Waals surface area contributed by atoms with Crippen molar-refractivity contribution in [2.75, 3.05) is 20.2 Å². The molecule has 2 aliphatic rings. The van der Waals surface area contributed by atoms with Crippen LogP contribution in [0.15, 0.2) is 0 Å². The summed E-state index contributed by atoms with van der Waals surface area (Å²) in [5, 5.41) is 10.1. The van der Waals surface area contributed by atoms with Crippen molar-refractivity contribution < 1.29 is 14.6 Å². The van der Waals surface area contributed by atoms with Gasteiger partial charge in [-0.1, -0.05) is 12.8 Å². The van der Waals surface area contributed by atoms with Gasteiger partial charge in [-0.25, -0.2) is 0 Å². The van der Waals surface area contributed by atoms with Crippen LogP contribution in [0.5, 0.6) is 0 Å². The van der Waals surface area contributed by atoms with Crippen LogP contribution in [0.25, 0.3) is 0 Å². The molecule has 1 aliphatic carbocycles. The van der Waals surface area contributed by atoms with Crippen LogP contribution >= 0.6 is 0 Å². The first-order valence-electron chi connectivity index (χ1n) is 7.19. The number of nitrogens with zero attached hydrogens (tertiary/aromatic N) is 1. The van der Waals surface area contributed by atoms with E-state index in [1.54, 1.807) is 0 Å². The number of aliphatic hydroxyl groups excluding tert-OH is 1. The van der Waals surface area contributed by atoms with Crippen LogP contribution < -0.4 is 0 Å². The van der Waals surface area contributed by atoms with Crippen molar-refractivity contribution in [2.45, 2.75) is 57.1 Å². The summed E-state index contributed by atoms with van der Waals surface area (Å²) in [5.41, 5.74) is 0. The van der Waals surface area contributed by atoms with Crippen LogP contribution in [-0.4, -0.2) is 48.3 Å². The summed E-state index contributed by atoms with van der Waals surface area (Å²) >= 11 is 0. The maximum absolute atomic E-state index is 11.2. The standard InChI is InChI=1S/C14H25NO3/c1-18-14(17)10-11-6-8-15(9-7-11)12-4-2-3-5-13(12)16/h11-13,16H,2-10H2,1H3. The molecule has 2 unspecified atom stereocenters. The van der Waals surface area contributed by atoms with Gasteiger partial charge >= 0.3 is 5.97 Å². The third-order valence-electron chi connectivity index (χ3n) is 4.50. The van der Waals surface area contributed by atoms with E-state index in [0.29, 0.717) is 18.4 Å². The highest BCUT2D eigenvalue weighted by Gasteiger charge is 2.31. The van der Waals surface area contributed by atoms with E-state index in [9.17, 15) is 9.90 Å². The Morgan fingerprint density at radius 1 is 1.22 bits per heavy atom. The van der Waals surface area contributed by atoms with Gasteiger partial charge in [0.25, 0.3) is 0 Å². The molecule has 0 amide bonds. The van der Waals surface area contributed by atoms with E-state index < -0.39 is 0 Å². The summed E-state index contributed by atoms with van der Waals surface area (Å²) in [4.78, 5) is 13.7. The Morgan fingerprint density at radius 3 is 2.50 bits per heavy atom. The number of hydrogen-bond acceptors (Lipinski definition) is 4. The highest BCUT2D eigenvalue weighted by Crippen LogP contribution is 2.28. The van der Waals surface area contributed by atoms with Gasteiger partial charge in [-0.15, -0.1) is 0 Å². The number of carbonyl (C=O) groups excluding carboxylic acids is 1. The smallest absolute Gasteiger partial charge is 0.305 e. The topological polar surface area (TPSA) is 49.8 Å². The average molecular weight is 255 g/mol. The van der Waals surface area contributed by atoms with Gasteiger partial charge in [0.05, 0.1) is 13.2 Å². The van der Waals surface area contributed by atoms with Crippen LogP contribution in [0.2, 0.25) is 0 Å². The molecule has 0 aromatic rings. The van der Waals surface area contributed by atoms with Crippen molar-refractivity contribution in [1.29, 1.82) is 0 Å². The molecule has 4 nitrogen and oxygen atoms in total. The molecule has 0 bridgehead atoms. The van der Waals surface area contributed by atoms with Crippen LogP contribution in [0, 0.1) is 5.92 Å². The van der Waals surface area contributed by atoms with Gasteiger partial charge < -0.3 is 9.84 Å². The summed E-state index contributed by atoms with van der Waals surface area (Å²) in [7, 11) is 1.45. The molecule has 1 saturated heterocycles. The van der Waals surface area contributed by atoms with Crippen LogP contribution in [0.1, 0.15) is 44.9 Å². The minimum atomic E-state index is -0.143. The second kappa shape index (κ2) is 6.53. The number of methoxy groups -OCH3 is 1. The molecule has 1 aliphatic heterocycles. The SMILES string of the molecule is COC(=O)CC1CCN(C2CCCCC2O)CC1. The lowest BCUT2D eigenvalue weighted by molar-refractivity contribution is -0.142. The first-order chi connectivity index (χ1) is 8.70. The Hall–Kier alpha value is -0.610. The van der Waals surface area contributed by atoms with Gasteiger partial charge in [-0.2, -0.15) is 0 Å².